The SMILES string of the molecule is O=P(O)(O)OP(=O)(O)O.[SiH3][SiH2][SiH2][SiH3]. The topological polar surface area (TPSA) is 124 Å². The summed E-state index contributed by atoms with van der Waals surface area (Å²) in [5.74, 6) is 0. The number of rotatable bonds is 3. The molecule has 0 unspecified atom stereocenters. The quantitative estimate of drug-likeness (QED) is 0.304. The predicted octanol–water partition coefficient (Wildman–Crippen LogP) is -5.01. The van der Waals surface area contributed by atoms with Crippen molar-refractivity contribution in [1.82, 2.24) is 0 Å². The first kappa shape index (κ1) is 16.6. The van der Waals surface area contributed by atoms with Gasteiger partial charge in [-0.2, -0.15) is 4.31 Å². The maximum atomic E-state index is 9.63. The summed E-state index contributed by atoms with van der Waals surface area (Å²) in [7, 11) is -5.32. The average Bonchev–Trinajstić information content (AvgIpc) is 1.80. The van der Waals surface area contributed by atoms with Crippen molar-refractivity contribution in [3.63, 3.8) is 0 Å². The van der Waals surface area contributed by atoms with Gasteiger partial charge >= 0.3 is 15.6 Å². The Bertz CT molecular complexity index is 181. The zero-order valence-electron chi connectivity index (χ0n) is 7.32. The summed E-state index contributed by atoms with van der Waals surface area (Å²) in [5, 5.41) is 0. The second-order valence-corrected chi connectivity index (χ2v) is 30.7. The summed E-state index contributed by atoms with van der Waals surface area (Å²) in [6.45, 7) is 0. The highest BCUT2D eigenvalue weighted by Crippen LogP contribution is 2.53. The molecular weight excluding hydrogens is 286 g/mol. The lowest BCUT2D eigenvalue weighted by molar-refractivity contribution is 0.225. The first-order valence-electron chi connectivity index (χ1n) is 3.44. The van der Waals surface area contributed by atoms with E-state index in [1.165, 1.54) is 0 Å². The third kappa shape index (κ3) is 24.6. The highest BCUT2D eigenvalue weighted by molar-refractivity contribution is 7.60. The third-order valence-electron chi connectivity index (χ3n) is 0.713. The second-order valence-electron chi connectivity index (χ2n) is 2.06. The fraction of sp³-hybridized carbons (Fsp3) is 0. The predicted molar refractivity (Wildman–Crippen MR) is 62.1 cm³/mol. The van der Waals surface area contributed by atoms with Crippen LogP contribution in [0.4, 0.5) is 0 Å². The molecule has 0 saturated heterocycles. The normalized spacial score (nSPS) is 14.2. The van der Waals surface area contributed by atoms with Gasteiger partial charge in [-0.25, -0.2) is 9.13 Å². The number of hydrogen-bond acceptors (Lipinski definition) is 3. The molecule has 0 rings (SSSR count). The summed E-state index contributed by atoms with van der Waals surface area (Å²) < 4.78 is 22.2. The minimum atomic E-state index is -5.05. The van der Waals surface area contributed by atoms with Crippen LogP contribution in [0.3, 0.4) is 0 Å². The average molecular weight is 300 g/mol. The van der Waals surface area contributed by atoms with Gasteiger partial charge in [0.15, 0.2) is 0 Å². The van der Waals surface area contributed by atoms with Crippen molar-refractivity contribution in [2.45, 2.75) is 0 Å². The van der Waals surface area contributed by atoms with E-state index in [1.54, 1.807) is 19.5 Å². The van der Waals surface area contributed by atoms with E-state index >= 15 is 0 Å². The van der Waals surface area contributed by atoms with E-state index in [0.29, 0.717) is 0 Å². The van der Waals surface area contributed by atoms with Crippen molar-refractivity contribution in [2.75, 3.05) is 0 Å². The van der Waals surface area contributed by atoms with Crippen molar-refractivity contribution >= 4 is 52.3 Å². The molecule has 0 aliphatic heterocycles. The van der Waals surface area contributed by atoms with E-state index in [2.05, 4.69) is 4.31 Å². The van der Waals surface area contributed by atoms with E-state index in [0.717, 1.165) is 17.1 Å². The first-order chi connectivity index (χ1) is 5.62. The van der Waals surface area contributed by atoms with Gasteiger partial charge in [-0.3, -0.25) is 0 Å². The highest BCUT2D eigenvalue weighted by atomic mass is 31.3. The van der Waals surface area contributed by atoms with Gasteiger partial charge in [-0.1, -0.05) is 0 Å². The Morgan fingerprint density at radius 1 is 0.923 bits per heavy atom. The van der Waals surface area contributed by atoms with Crippen LogP contribution in [0.15, 0.2) is 0 Å². The van der Waals surface area contributed by atoms with E-state index in [1.807, 2.05) is 0 Å². The molecule has 0 radical (unpaired) electrons. The van der Waals surface area contributed by atoms with Crippen LogP contribution in [0.25, 0.3) is 0 Å². The van der Waals surface area contributed by atoms with Crippen LogP contribution < -0.4 is 0 Å². The Morgan fingerprint density at radius 2 is 1.15 bits per heavy atom. The van der Waals surface area contributed by atoms with Crippen molar-refractivity contribution in [3.05, 3.63) is 0 Å². The minimum Gasteiger partial charge on any atom is -0.302 e. The van der Waals surface area contributed by atoms with Gasteiger partial charge in [0.2, 0.25) is 0 Å². The maximum Gasteiger partial charge on any atom is 0.478 e. The summed E-state index contributed by atoms with van der Waals surface area (Å²) in [6.07, 6.45) is 0. The Hall–Kier alpha value is 1.13. The molecule has 0 spiro atoms. The summed E-state index contributed by atoms with van der Waals surface area (Å²) >= 11 is 0. The summed E-state index contributed by atoms with van der Waals surface area (Å²) in [6, 6.07) is 0. The van der Waals surface area contributed by atoms with Crippen LogP contribution in [-0.4, -0.2) is 56.2 Å². The monoisotopic (exact) mass is 300 g/mol. The van der Waals surface area contributed by atoms with Crippen LogP contribution in [0, 0.1) is 0 Å². The zero-order valence-corrected chi connectivity index (χ0v) is 15.9. The van der Waals surface area contributed by atoms with Crippen molar-refractivity contribution in [2.24, 2.45) is 0 Å². The molecule has 13 heteroatoms. The molecule has 0 heterocycles. The van der Waals surface area contributed by atoms with Gasteiger partial charge in [0.1, 0.15) is 0 Å². The molecule has 0 atom stereocenters. The molecule has 0 fully saturated rings. The Kier molecular flexibility index (Phi) is 9.45. The van der Waals surface area contributed by atoms with Crippen molar-refractivity contribution < 1.29 is 33.0 Å². The first-order valence-corrected chi connectivity index (χ1v) is 21.8. The molecule has 82 valence electrons. The molecule has 0 aromatic heterocycles. The lowest BCUT2D eigenvalue weighted by Crippen LogP contribution is -2.00. The summed E-state index contributed by atoms with van der Waals surface area (Å²) in [4.78, 5) is 31.0. The zero-order chi connectivity index (χ0) is 11.1. The molecule has 0 aliphatic rings. The smallest absolute Gasteiger partial charge is 0.302 e. The van der Waals surface area contributed by atoms with Gasteiger partial charge in [0.25, 0.3) is 0 Å². The van der Waals surface area contributed by atoms with Gasteiger partial charge < -0.3 is 19.6 Å². The maximum absolute atomic E-state index is 9.63. The van der Waals surface area contributed by atoms with E-state index < -0.39 is 15.6 Å². The second kappa shape index (κ2) is 7.42. The Labute approximate surface area is 85.6 Å². The van der Waals surface area contributed by atoms with Gasteiger partial charge in [-0.15, -0.1) is 0 Å². The van der Waals surface area contributed by atoms with E-state index in [-0.39, 0.29) is 0 Å². The van der Waals surface area contributed by atoms with Gasteiger partial charge in [-0.05, 0) is 36.6 Å². The molecule has 0 aromatic rings. The van der Waals surface area contributed by atoms with E-state index in [9.17, 15) is 9.13 Å². The minimum absolute atomic E-state index is 0.764. The van der Waals surface area contributed by atoms with Crippen LogP contribution in [0.1, 0.15) is 0 Å². The van der Waals surface area contributed by atoms with Crippen LogP contribution in [-0.2, 0) is 13.4 Å². The van der Waals surface area contributed by atoms with Crippen LogP contribution in [0.2, 0.25) is 0 Å². The van der Waals surface area contributed by atoms with Crippen molar-refractivity contribution in [1.29, 1.82) is 0 Å². The highest BCUT2D eigenvalue weighted by Gasteiger charge is 2.27. The number of phosphoric acid groups is 2. The van der Waals surface area contributed by atoms with Gasteiger partial charge in [0, 0.05) is 0 Å². The van der Waals surface area contributed by atoms with Crippen LogP contribution in [0.5, 0.6) is 0 Å². The molecule has 0 saturated carbocycles. The largest absolute Gasteiger partial charge is 0.478 e. The van der Waals surface area contributed by atoms with E-state index in [4.69, 9.17) is 19.6 Å². The molecule has 13 heavy (non-hydrogen) atoms. The molecule has 4 N–H and O–H groups in total. The molecule has 7 nitrogen and oxygen atoms in total. The Morgan fingerprint density at radius 3 is 1.15 bits per heavy atom. The molecule has 0 aliphatic carbocycles. The van der Waals surface area contributed by atoms with Crippen LogP contribution >= 0.6 is 15.6 Å². The number of hydrogen-bond donors (Lipinski definition) is 4. The lowest BCUT2D eigenvalue weighted by atomic mass is 15.7. The molecule has 0 bridgehead atoms. The summed E-state index contributed by atoms with van der Waals surface area (Å²) in [5.41, 5.74) is 0. The fourth-order valence-corrected chi connectivity index (χ4v) is 1.25. The van der Waals surface area contributed by atoms with Gasteiger partial charge in [0.05, 0.1) is 0 Å². The Balaban J connectivity index is 0. The third-order valence-corrected chi connectivity index (χ3v) is 42.4. The molecular formula is H14O7P2Si4. The lowest BCUT2D eigenvalue weighted by Gasteiger charge is -2.03. The molecule has 0 aromatic carbocycles. The fourth-order valence-electron chi connectivity index (χ4n) is 0.139. The van der Waals surface area contributed by atoms with Crippen molar-refractivity contribution in [3.8, 4) is 0 Å². The molecule has 0 amide bonds. The standard InChI is InChI=1S/H4O7P2.H10Si4/c1-8(2,3)7-9(4,5)6;1-3-4-2/h(H2,1,2,3)(H2,4,5,6);3-4H2,1-2H3.